The molecular weight excluding hydrogens is 390 g/mol. The van der Waals surface area contributed by atoms with Crippen LogP contribution in [-0.4, -0.2) is 30.4 Å². The van der Waals surface area contributed by atoms with Gasteiger partial charge in [-0.2, -0.15) is 0 Å². The molecule has 0 saturated carbocycles. The smallest absolute Gasteiger partial charge is 0.250 e. The zero-order chi connectivity index (χ0) is 22.0. The van der Waals surface area contributed by atoms with Gasteiger partial charge in [-0.1, -0.05) is 31.2 Å². The molecule has 2 aliphatic heterocycles. The topological polar surface area (TPSA) is 114 Å². The number of nitrogens with one attached hydrogen (secondary N) is 1. The lowest BCUT2D eigenvalue weighted by Gasteiger charge is -2.25. The number of primary amides is 1. The molecule has 0 aliphatic carbocycles. The zero-order valence-electron chi connectivity index (χ0n) is 17.6. The Labute approximate surface area is 181 Å². The highest BCUT2D eigenvalue weighted by Crippen LogP contribution is 2.25. The fourth-order valence-corrected chi connectivity index (χ4v) is 4.09. The normalized spacial score (nSPS) is 20.1. The van der Waals surface area contributed by atoms with Gasteiger partial charge in [0, 0.05) is 35.9 Å². The standard InChI is InChI=1S/C24H27N5O2/c1-2-16-8-9-18-20(11-10-19(22(25)30)21(18)27-14-16)29-13-12-24(26,15-29)23(31)28-17-6-4-3-5-7-17/h3-7,9-11,14H,2,8,12-13,15,26H2,1H3,(H2,25,30)(H,28,31). The van der Waals surface area contributed by atoms with Crippen LogP contribution in [0.25, 0.3) is 6.08 Å². The van der Waals surface area contributed by atoms with Gasteiger partial charge in [0.05, 0.1) is 10.9 Å². The first kappa shape index (κ1) is 20.8. The summed E-state index contributed by atoms with van der Waals surface area (Å²) in [6.45, 7) is 3.08. The quantitative estimate of drug-likeness (QED) is 0.683. The number of carbonyl (C=O) groups excluding carboxylic acids is 2. The van der Waals surface area contributed by atoms with Crippen LogP contribution >= 0.6 is 0 Å². The van der Waals surface area contributed by atoms with Crippen LogP contribution in [0.3, 0.4) is 0 Å². The van der Waals surface area contributed by atoms with Crippen molar-refractivity contribution in [3.8, 4) is 0 Å². The van der Waals surface area contributed by atoms with E-state index in [1.54, 1.807) is 6.07 Å². The van der Waals surface area contributed by atoms with Gasteiger partial charge in [0.15, 0.2) is 0 Å². The van der Waals surface area contributed by atoms with Crippen LogP contribution in [0.15, 0.2) is 59.2 Å². The number of fused-ring (bicyclic) bond motifs is 1. The third-order valence-electron chi connectivity index (χ3n) is 5.98. The van der Waals surface area contributed by atoms with E-state index in [1.807, 2.05) is 42.6 Å². The van der Waals surface area contributed by atoms with Gasteiger partial charge >= 0.3 is 0 Å². The molecule has 0 radical (unpaired) electrons. The van der Waals surface area contributed by atoms with Crippen LogP contribution in [0.5, 0.6) is 0 Å². The molecule has 0 spiro atoms. The first-order valence-corrected chi connectivity index (χ1v) is 10.5. The summed E-state index contributed by atoms with van der Waals surface area (Å²) in [6.07, 6.45) is 6.06. The number of allylic oxidation sites excluding steroid dienone is 1. The molecule has 2 aliphatic rings. The van der Waals surface area contributed by atoms with Gasteiger partial charge in [-0.05, 0) is 49.1 Å². The number of nitrogens with zero attached hydrogens (tertiary/aromatic N) is 2. The summed E-state index contributed by atoms with van der Waals surface area (Å²) in [5.74, 6) is -0.713. The molecule has 1 fully saturated rings. The number of anilines is 2. The molecule has 0 bridgehead atoms. The van der Waals surface area contributed by atoms with Gasteiger partial charge in [0.1, 0.15) is 5.54 Å². The Hall–Kier alpha value is -3.45. The van der Waals surface area contributed by atoms with Gasteiger partial charge < -0.3 is 21.7 Å². The zero-order valence-corrected chi connectivity index (χ0v) is 17.6. The van der Waals surface area contributed by atoms with Crippen LogP contribution in [0.4, 0.5) is 11.4 Å². The Bertz CT molecular complexity index is 1170. The Morgan fingerprint density at radius 3 is 2.68 bits per heavy atom. The first-order chi connectivity index (χ1) is 14.9. The molecule has 5 N–H and O–H groups in total. The molecule has 160 valence electrons. The summed E-state index contributed by atoms with van der Waals surface area (Å²) in [7, 11) is 0. The third-order valence-corrected chi connectivity index (χ3v) is 5.98. The van der Waals surface area contributed by atoms with E-state index < -0.39 is 11.4 Å². The van der Waals surface area contributed by atoms with E-state index in [-0.39, 0.29) is 5.91 Å². The molecular formula is C24H27N5O2. The Kier molecular flexibility index (Phi) is 5.61. The van der Waals surface area contributed by atoms with E-state index in [0.29, 0.717) is 30.4 Å². The first-order valence-electron chi connectivity index (χ1n) is 10.5. The summed E-state index contributed by atoms with van der Waals surface area (Å²) in [5.41, 5.74) is 14.3. The van der Waals surface area contributed by atoms with E-state index in [2.05, 4.69) is 28.2 Å². The molecule has 31 heavy (non-hydrogen) atoms. The molecule has 2 aromatic rings. The third kappa shape index (κ3) is 4.09. The summed E-state index contributed by atoms with van der Waals surface area (Å²) >= 11 is 0. The molecule has 4 rings (SSSR count). The molecule has 7 nitrogen and oxygen atoms in total. The predicted molar refractivity (Wildman–Crippen MR) is 122 cm³/mol. The highest BCUT2D eigenvalue weighted by Gasteiger charge is 2.41. The average molecular weight is 418 g/mol. The van der Waals surface area contributed by atoms with Gasteiger partial charge in [0.25, 0.3) is 5.91 Å². The summed E-state index contributed by atoms with van der Waals surface area (Å²) in [4.78, 5) is 31.6. The number of amides is 2. The Morgan fingerprint density at radius 2 is 1.97 bits per heavy atom. The highest BCUT2D eigenvalue weighted by molar-refractivity contribution is 5.99. The number of hydrogen-bond acceptors (Lipinski definition) is 5. The van der Waals surface area contributed by atoms with Crippen molar-refractivity contribution in [3.63, 3.8) is 0 Å². The van der Waals surface area contributed by atoms with Crippen molar-refractivity contribution in [1.29, 1.82) is 0 Å². The Morgan fingerprint density at radius 1 is 1.19 bits per heavy atom. The summed E-state index contributed by atoms with van der Waals surface area (Å²) < 4.78 is 0. The average Bonchev–Trinajstić information content (AvgIpc) is 3.04. The largest absolute Gasteiger partial charge is 0.369 e. The lowest BCUT2D eigenvalue weighted by molar-refractivity contribution is -0.120. The van der Waals surface area contributed by atoms with Crippen LogP contribution in [0.2, 0.25) is 0 Å². The molecule has 1 saturated heterocycles. The minimum Gasteiger partial charge on any atom is -0.369 e. The van der Waals surface area contributed by atoms with E-state index in [9.17, 15) is 9.59 Å². The van der Waals surface area contributed by atoms with Gasteiger partial charge in [-0.15, -0.1) is 0 Å². The van der Waals surface area contributed by atoms with E-state index in [1.165, 1.54) is 5.57 Å². The monoisotopic (exact) mass is 417 g/mol. The second-order valence-corrected chi connectivity index (χ2v) is 8.08. The molecule has 2 heterocycles. The maximum atomic E-state index is 12.9. The molecule has 1 unspecified atom stereocenters. The van der Waals surface area contributed by atoms with Crippen molar-refractivity contribution in [3.05, 3.63) is 70.4 Å². The minimum atomic E-state index is -1.01. The van der Waals surface area contributed by atoms with Crippen molar-refractivity contribution in [2.24, 2.45) is 16.5 Å². The summed E-state index contributed by atoms with van der Waals surface area (Å²) in [5, 5.41) is 4.36. The number of benzene rings is 2. The van der Waals surface area contributed by atoms with Gasteiger partial charge in [0.2, 0.25) is 5.91 Å². The lowest BCUT2D eigenvalue weighted by atomic mass is 9.99. The molecule has 0 aromatic heterocycles. The van der Waals surface area contributed by atoms with Gasteiger partial charge in [-0.25, -0.2) is 0 Å². The van der Waals surface area contributed by atoms with Gasteiger partial charge in [-0.3, -0.25) is 14.6 Å². The van der Waals surface area contributed by atoms with Crippen LogP contribution in [0.1, 0.15) is 36.5 Å². The molecule has 7 heteroatoms. The fraction of sp³-hybridized carbons (Fsp3) is 0.292. The second-order valence-electron chi connectivity index (χ2n) is 8.08. The molecule has 1 atom stereocenters. The van der Waals surface area contributed by atoms with Crippen molar-refractivity contribution in [1.82, 2.24) is 0 Å². The van der Waals surface area contributed by atoms with E-state index in [4.69, 9.17) is 11.5 Å². The Balaban J connectivity index is 1.66. The van der Waals surface area contributed by atoms with Crippen LogP contribution in [-0.2, 0) is 4.79 Å². The van der Waals surface area contributed by atoms with Crippen molar-refractivity contribution in [2.75, 3.05) is 23.3 Å². The van der Waals surface area contributed by atoms with E-state index >= 15 is 0 Å². The van der Waals surface area contributed by atoms with Crippen LogP contribution < -0.4 is 32.3 Å². The van der Waals surface area contributed by atoms with Crippen molar-refractivity contribution in [2.45, 2.75) is 31.7 Å². The predicted octanol–water partition coefficient (Wildman–Crippen LogP) is 1.43. The van der Waals surface area contributed by atoms with E-state index in [0.717, 1.165) is 29.4 Å². The number of rotatable bonds is 5. The SMILES string of the molecule is CCC1=CN=c2c(C(N)=O)ccc(N3CCC(N)(C(=O)Nc4ccccc4)C3)c2=CC1. The molecule has 2 aromatic carbocycles. The maximum Gasteiger partial charge on any atom is 0.250 e. The highest BCUT2D eigenvalue weighted by atomic mass is 16.2. The lowest BCUT2D eigenvalue weighted by Crippen LogP contribution is -2.53. The number of nitrogens with two attached hydrogens (primary N) is 2. The molecule has 2 amide bonds. The number of para-hydroxylation sites is 1. The maximum absolute atomic E-state index is 12.9. The number of carbonyl (C=O) groups is 2. The minimum absolute atomic E-state index is 0.204. The second kappa shape index (κ2) is 8.35. The number of hydrogen-bond donors (Lipinski definition) is 3. The van der Waals surface area contributed by atoms with Crippen LogP contribution in [0, 0.1) is 0 Å². The fourth-order valence-electron chi connectivity index (χ4n) is 4.09. The van der Waals surface area contributed by atoms with Crippen molar-refractivity contribution < 1.29 is 9.59 Å². The summed E-state index contributed by atoms with van der Waals surface area (Å²) in [6, 6.07) is 12.9. The van der Waals surface area contributed by atoms with Crippen molar-refractivity contribution >= 4 is 29.3 Å².